The summed E-state index contributed by atoms with van der Waals surface area (Å²) in [5.41, 5.74) is 0.471. The van der Waals surface area contributed by atoms with Crippen molar-refractivity contribution in [3.8, 4) is 5.75 Å². The van der Waals surface area contributed by atoms with E-state index in [4.69, 9.17) is 4.18 Å². The van der Waals surface area contributed by atoms with Crippen LogP contribution in [0.25, 0.3) is 6.08 Å². The van der Waals surface area contributed by atoms with Gasteiger partial charge in [0.1, 0.15) is 5.75 Å². The van der Waals surface area contributed by atoms with E-state index in [-0.39, 0.29) is 11.5 Å². The monoisotopic (exact) mass is 308 g/mol. The summed E-state index contributed by atoms with van der Waals surface area (Å²) < 4.78 is 26.6. The third-order valence-electron chi connectivity index (χ3n) is 2.33. The highest BCUT2D eigenvalue weighted by atomic mass is 32.2. The number of hydrogen-bond donors (Lipinski definition) is 0. The summed E-state index contributed by atoms with van der Waals surface area (Å²) in [6, 6.07) is 9.79. The number of carbonyl (C=O) groups excluding carboxylic acids is 1. The molecule has 0 spiro atoms. The first-order valence-corrected chi connectivity index (χ1v) is 8.39. The molecular weight excluding hydrogens is 296 g/mol. The van der Waals surface area contributed by atoms with E-state index >= 15 is 0 Å². The van der Waals surface area contributed by atoms with Crippen LogP contribution in [0.2, 0.25) is 0 Å². The maximum absolute atomic E-state index is 11.9. The minimum absolute atomic E-state index is 0.149. The van der Waals surface area contributed by atoms with E-state index in [9.17, 15) is 13.2 Å². The molecule has 4 nitrogen and oxygen atoms in total. The van der Waals surface area contributed by atoms with Gasteiger partial charge in [0.05, 0.1) is 6.26 Å². The van der Waals surface area contributed by atoms with Gasteiger partial charge in [0, 0.05) is 10.4 Å². The summed E-state index contributed by atoms with van der Waals surface area (Å²) in [4.78, 5) is 12.9. The fraction of sp³-hybridized carbons (Fsp3) is 0.0714. The Morgan fingerprint density at radius 3 is 2.45 bits per heavy atom. The van der Waals surface area contributed by atoms with E-state index in [0.29, 0.717) is 5.56 Å². The molecule has 0 unspecified atom stereocenters. The molecule has 0 aliphatic rings. The normalized spacial score (nSPS) is 11.7. The maximum Gasteiger partial charge on any atom is 0.306 e. The smallest absolute Gasteiger partial charge is 0.306 e. The van der Waals surface area contributed by atoms with Gasteiger partial charge in [-0.25, -0.2) is 0 Å². The molecule has 0 saturated carbocycles. The van der Waals surface area contributed by atoms with Gasteiger partial charge in [-0.3, -0.25) is 4.79 Å². The van der Waals surface area contributed by atoms with Crippen molar-refractivity contribution in [2.24, 2.45) is 0 Å². The van der Waals surface area contributed by atoms with Crippen LogP contribution in [-0.2, 0) is 10.1 Å². The Hall–Kier alpha value is -1.92. The number of rotatable bonds is 5. The second kappa shape index (κ2) is 6.02. The van der Waals surface area contributed by atoms with Crippen molar-refractivity contribution < 1.29 is 17.4 Å². The van der Waals surface area contributed by atoms with Crippen molar-refractivity contribution in [3.63, 3.8) is 0 Å². The quantitative estimate of drug-likeness (QED) is 0.484. The van der Waals surface area contributed by atoms with E-state index in [1.807, 2.05) is 17.5 Å². The molecule has 2 rings (SSSR count). The van der Waals surface area contributed by atoms with Crippen molar-refractivity contribution in [1.29, 1.82) is 0 Å². The average molecular weight is 308 g/mol. The minimum atomic E-state index is -3.55. The summed E-state index contributed by atoms with van der Waals surface area (Å²) >= 11 is 1.54. The molecule has 0 amide bonds. The number of allylic oxidation sites excluding steroid dienone is 1. The molecule has 0 N–H and O–H groups in total. The maximum atomic E-state index is 11.9. The lowest BCUT2D eigenvalue weighted by atomic mass is 10.1. The Balaban J connectivity index is 2.08. The van der Waals surface area contributed by atoms with E-state index < -0.39 is 10.1 Å². The highest BCUT2D eigenvalue weighted by Crippen LogP contribution is 2.16. The Morgan fingerprint density at radius 1 is 1.20 bits per heavy atom. The molecule has 0 atom stereocenters. The molecule has 0 aliphatic carbocycles. The molecule has 20 heavy (non-hydrogen) atoms. The Labute approximate surface area is 121 Å². The molecule has 104 valence electrons. The van der Waals surface area contributed by atoms with E-state index in [1.54, 1.807) is 17.4 Å². The first-order valence-electron chi connectivity index (χ1n) is 5.69. The van der Waals surface area contributed by atoms with Gasteiger partial charge in [0.25, 0.3) is 0 Å². The second-order valence-electron chi connectivity index (χ2n) is 4.02. The van der Waals surface area contributed by atoms with Crippen molar-refractivity contribution in [2.45, 2.75) is 0 Å². The SMILES string of the molecule is CS(=O)(=O)Oc1ccc(C(=O)C=Cc2cccs2)cc1. The van der Waals surface area contributed by atoms with Gasteiger partial charge in [0.15, 0.2) is 5.78 Å². The molecule has 0 fully saturated rings. The molecule has 0 aliphatic heterocycles. The van der Waals surface area contributed by atoms with Crippen LogP contribution in [0.15, 0.2) is 47.9 Å². The van der Waals surface area contributed by atoms with E-state index in [2.05, 4.69) is 0 Å². The Bertz CT molecular complexity index is 711. The fourth-order valence-electron chi connectivity index (χ4n) is 1.49. The zero-order valence-corrected chi connectivity index (χ0v) is 12.3. The lowest BCUT2D eigenvalue weighted by Crippen LogP contribution is -2.05. The standard InChI is InChI=1S/C14H12O4S2/c1-20(16,17)18-12-6-4-11(5-7-12)14(15)9-8-13-3-2-10-19-13/h2-10H,1H3. The molecule has 2 aromatic rings. The molecule has 0 saturated heterocycles. The van der Waals surface area contributed by atoms with Crippen LogP contribution in [-0.4, -0.2) is 20.5 Å². The molecule has 6 heteroatoms. The topological polar surface area (TPSA) is 60.4 Å². The van der Waals surface area contributed by atoms with Gasteiger partial charge in [-0.2, -0.15) is 8.42 Å². The van der Waals surface area contributed by atoms with Crippen LogP contribution in [0.5, 0.6) is 5.75 Å². The zero-order chi connectivity index (χ0) is 14.6. The van der Waals surface area contributed by atoms with Crippen molar-refractivity contribution in [3.05, 3.63) is 58.3 Å². The molecule has 0 bridgehead atoms. The molecule has 1 heterocycles. The van der Waals surface area contributed by atoms with Crippen molar-refractivity contribution >= 4 is 33.3 Å². The first kappa shape index (κ1) is 14.5. The van der Waals surface area contributed by atoms with Gasteiger partial charge in [-0.05, 0) is 47.9 Å². The van der Waals surface area contributed by atoms with Crippen LogP contribution in [0, 0.1) is 0 Å². The number of benzene rings is 1. The fourth-order valence-corrected chi connectivity index (χ4v) is 2.57. The Morgan fingerprint density at radius 2 is 1.90 bits per heavy atom. The molecule has 0 radical (unpaired) electrons. The largest absolute Gasteiger partial charge is 0.383 e. The van der Waals surface area contributed by atoms with Crippen molar-refractivity contribution in [2.75, 3.05) is 6.26 Å². The minimum Gasteiger partial charge on any atom is -0.383 e. The van der Waals surface area contributed by atoms with Crippen LogP contribution in [0.4, 0.5) is 0 Å². The Kier molecular flexibility index (Phi) is 4.36. The van der Waals surface area contributed by atoms with E-state index in [0.717, 1.165) is 11.1 Å². The molecule has 1 aromatic carbocycles. The number of ketones is 1. The zero-order valence-electron chi connectivity index (χ0n) is 10.6. The molecule has 1 aromatic heterocycles. The highest BCUT2D eigenvalue weighted by molar-refractivity contribution is 7.86. The van der Waals surface area contributed by atoms with Gasteiger partial charge >= 0.3 is 10.1 Å². The lowest BCUT2D eigenvalue weighted by molar-refractivity contribution is 0.104. The third kappa shape index (κ3) is 4.32. The van der Waals surface area contributed by atoms with Gasteiger partial charge in [0.2, 0.25) is 0 Å². The van der Waals surface area contributed by atoms with Crippen LogP contribution in [0.3, 0.4) is 0 Å². The van der Waals surface area contributed by atoms with Crippen LogP contribution in [0.1, 0.15) is 15.2 Å². The second-order valence-corrected chi connectivity index (χ2v) is 6.58. The average Bonchev–Trinajstić information content (AvgIpc) is 2.88. The summed E-state index contributed by atoms with van der Waals surface area (Å²) in [5.74, 6) is 0.0376. The number of carbonyl (C=O) groups is 1. The van der Waals surface area contributed by atoms with Gasteiger partial charge in [-0.15, -0.1) is 11.3 Å². The summed E-state index contributed by atoms with van der Waals surface area (Å²) in [5, 5.41) is 1.93. The summed E-state index contributed by atoms with van der Waals surface area (Å²) in [6.07, 6.45) is 4.20. The summed E-state index contributed by atoms with van der Waals surface area (Å²) in [7, 11) is -3.55. The first-order chi connectivity index (χ1) is 9.44. The lowest BCUT2D eigenvalue weighted by Gasteiger charge is -2.02. The predicted molar refractivity (Wildman–Crippen MR) is 79.6 cm³/mol. The van der Waals surface area contributed by atoms with Crippen molar-refractivity contribution in [1.82, 2.24) is 0 Å². The van der Waals surface area contributed by atoms with E-state index in [1.165, 1.54) is 30.3 Å². The predicted octanol–water partition coefficient (Wildman–Crippen LogP) is 2.98. The van der Waals surface area contributed by atoms with Gasteiger partial charge < -0.3 is 4.18 Å². The third-order valence-corrected chi connectivity index (χ3v) is 3.66. The number of hydrogen-bond acceptors (Lipinski definition) is 5. The van der Waals surface area contributed by atoms with Crippen LogP contribution < -0.4 is 4.18 Å². The van der Waals surface area contributed by atoms with Crippen LogP contribution >= 0.6 is 11.3 Å². The highest BCUT2D eigenvalue weighted by Gasteiger charge is 2.06. The molecular formula is C14H12O4S2. The summed E-state index contributed by atoms with van der Waals surface area (Å²) in [6.45, 7) is 0. The number of thiophene rings is 1. The van der Waals surface area contributed by atoms with Gasteiger partial charge in [-0.1, -0.05) is 6.07 Å².